The summed E-state index contributed by atoms with van der Waals surface area (Å²) in [5.41, 5.74) is 4.95. The van der Waals surface area contributed by atoms with Crippen LogP contribution in [0.15, 0.2) is 103 Å². The van der Waals surface area contributed by atoms with Gasteiger partial charge in [-0.15, -0.1) is 0 Å². The summed E-state index contributed by atoms with van der Waals surface area (Å²) >= 11 is 0. The number of nitro benzene ring substituents is 1. The number of nitro groups is 1. The Morgan fingerprint density at radius 3 is 2.26 bits per heavy atom. The highest BCUT2D eigenvalue weighted by Crippen LogP contribution is 2.41. The molecule has 0 fully saturated rings. The van der Waals surface area contributed by atoms with E-state index >= 15 is 0 Å². The molecule has 1 aromatic heterocycles. The molecule has 4 aromatic carbocycles. The van der Waals surface area contributed by atoms with Crippen molar-refractivity contribution in [3.05, 3.63) is 135 Å². The maximum atomic E-state index is 13.7. The van der Waals surface area contributed by atoms with Gasteiger partial charge in [0, 0.05) is 40.9 Å². The number of hydrogen-bond donors (Lipinski definition) is 3. The van der Waals surface area contributed by atoms with Gasteiger partial charge in [-0.05, 0) is 41.0 Å². The molecule has 0 radical (unpaired) electrons. The summed E-state index contributed by atoms with van der Waals surface area (Å²) < 4.78 is 0. The molecule has 1 aliphatic carbocycles. The molecule has 0 spiro atoms. The summed E-state index contributed by atoms with van der Waals surface area (Å²) in [7, 11) is 0. The van der Waals surface area contributed by atoms with Crippen LogP contribution in [0.25, 0.3) is 22.5 Å². The SMILES string of the molecule is O=C(Nc1ccc2c(c1)Cc1c(-c3ccccc3)n[nH]c1-2)C(O)(c1ccccc1)c1ccc([N+](=O)[O-])cc1. The van der Waals surface area contributed by atoms with Gasteiger partial charge in [0.25, 0.3) is 11.6 Å². The Bertz CT molecular complexity index is 1660. The second-order valence-electron chi connectivity index (χ2n) is 9.18. The Labute approximate surface area is 217 Å². The number of fused-ring (bicyclic) bond motifs is 3. The van der Waals surface area contributed by atoms with Crippen molar-refractivity contribution in [2.24, 2.45) is 0 Å². The summed E-state index contributed by atoms with van der Waals surface area (Å²) in [5, 5.41) is 33.4. The average molecular weight is 503 g/mol. The van der Waals surface area contributed by atoms with Crippen LogP contribution in [0.4, 0.5) is 11.4 Å². The normalized spacial score (nSPS) is 13.3. The van der Waals surface area contributed by atoms with Crippen molar-refractivity contribution in [1.82, 2.24) is 10.2 Å². The molecular weight excluding hydrogens is 480 g/mol. The van der Waals surface area contributed by atoms with Gasteiger partial charge in [0.15, 0.2) is 5.60 Å². The summed E-state index contributed by atoms with van der Waals surface area (Å²) in [5.74, 6) is -0.666. The maximum Gasteiger partial charge on any atom is 0.269 e. The van der Waals surface area contributed by atoms with Crippen molar-refractivity contribution in [3.8, 4) is 22.5 Å². The number of anilines is 1. The molecule has 1 amide bonds. The zero-order chi connectivity index (χ0) is 26.3. The van der Waals surface area contributed by atoms with Crippen molar-refractivity contribution >= 4 is 17.3 Å². The molecule has 6 rings (SSSR count). The molecule has 1 unspecified atom stereocenters. The third-order valence-electron chi connectivity index (χ3n) is 6.93. The van der Waals surface area contributed by atoms with E-state index in [0.29, 0.717) is 17.7 Å². The number of non-ortho nitro benzene ring substituents is 1. The Balaban J connectivity index is 1.32. The number of carbonyl (C=O) groups is 1. The van der Waals surface area contributed by atoms with E-state index in [9.17, 15) is 20.0 Å². The van der Waals surface area contributed by atoms with E-state index in [2.05, 4.69) is 15.5 Å². The van der Waals surface area contributed by atoms with Gasteiger partial charge in [-0.2, -0.15) is 5.10 Å². The number of benzene rings is 4. The largest absolute Gasteiger partial charge is 0.372 e. The highest BCUT2D eigenvalue weighted by molar-refractivity contribution is 6.01. The average Bonchev–Trinajstić information content (AvgIpc) is 3.52. The Kier molecular flexibility index (Phi) is 5.58. The number of hydrogen-bond acceptors (Lipinski definition) is 5. The van der Waals surface area contributed by atoms with Crippen LogP contribution < -0.4 is 5.32 Å². The highest BCUT2D eigenvalue weighted by Gasteiger charge is 2.40. The molecule has 1 heterocycles. The van der Waals surface area contributed by atoms with Crippen molar-refractivity contribution in [2.75, 3.05) is 5.32 Å². The molecule has 0 saturated carbocycles. The van der Waals surface area contributed by atoms with Crippen molar-refractivity contribution < 1.29 is 14.8 Å². The second-order valence-corrected chi connectivity index (χ2v) is 9.18. The van der Waals surface area contributed by atoms with Crippen molar-refractivity contribution in [2.45, 2.75) is 12.0 Å². The number of nitrogens with zero attached hydrogens (tertiary/aromatic N) is 2. The van der Waals surface area contributed by atoms with Crippen LogP contribution in [0.3, 0.4) is 0 Å². The third kappa shape index (κ3) is 3.84. The molecule has 38 heavy (non-hydrogen) atoms. The minimum absolute atomic E-state index is 0.129. The minimum Gasteiger partial charge on any atom is -0.372 e. The first kappa shape index (κ1) is 23.3. The number of amides is 1. The van der Waals surface area contributed by atoms with Crippen LogP contribution in [0.5, 0.6) is 0 Å². The van der Waals surface area contributed by atoms with Gasteiger partial charge in [0.1, 0.15) is 0 Å². The molecule has 3 N–H and O–H groups in total. The standard InChI is InChI=1S/C30H22N4O4/c35-29(30(36,21-9-5-2-6-10-21)22-11-14-24(15-12-22)34(37)38)31-23-13-16-25-20(17-23)18-26-27(32-33-28(25)26)19-7-3-1-4-8-19/h1-17,36H,18H2,(H,31,35)(H,32,33). The molecule has 0 saturated heterocycles. The highest BCUT2D eigenvalue weighted by atomic mass is 16.6. The van der Waals surface area contributed by atoms with Crippen LogP contribution in [0.2, 0.25) is 0 Å². The van der Waals surface area contributed by atoms with Gasteiger partial charge in [0.2, 0.25) is 0 Å². The molecule has 8 heteroatoms. The molecular formula is C30H22N4O4. The lowest BCUT2D eigenvalue weighted by Gasteiger charge is -2.28. The van der Waals surface area contributed by atoms with E-state index in [1.54, 1.807) is 36.4 Å². The first-order valence-corrected chi connectivity index (χ1v) is 12.1. The third-order valence-corrected chi connectivity index (χ3v) is 6.93. The number of carbonyl (C=O) groups excluding carboxylic acids is 1. The van der Waals surface area contributed by atoms with E-state index in [1.165, 1.54) is 24.3 Å². The first-order chi connectivity index (χ1) is 18.4. The van der Waals surface area contributed by atoms with E-state index in [-0.39, 0.29) is 11.3 Å². The molecule has 1 aliphatic rings. The minimum atomic E-state index is -2.07. The first-order valence-electron chi connectivity index (χ1n) is 12.1. The van der Waals surface area contributed by atoms with E-state index < -0.39 is 16.4 Å². The van der Waals surface area contributed by atoms with Crippen molar-refractivity contribution in [3.63, 3.8) is 0 Å². The summed E-state index contributed by atoms with van der Waals surface area (Å²) in [6, 6.07) is 29.5. The van der Waals surface area contributed by atoms with Crippen LogP contribution in [0, 0.1) is 10.1 Å². The van der Waals surface area contributed by atoms with Gasteiger partial charge in [-0.1, -0.05) is 66.7 Å². The van der Waals surface area contributed by atoms with Gasteiger partial charge < -0.3 is 10.4 Å². The van der Waals surface area contributed by atoms with Gasteiger partial charge in [-0.25, -0.2) is 0 Å². The van der Waals surface area contributed by atoms with Crippen LogP contribution in [-0.4, -0.2) is 26.1 Å². The lowest BCUT2D eigenvalue weighted by molar-refractivity contribution is -0.384. The summed E-state index contributed by atoms with van der Waals surface area (Å²) in [4.78, 5) is 24.2. The Morgan fingerprint density at radius 2 is 1.58 bits per heavy atom. The molecule has 8 nitrogen and oxygen atoms in total. The van der Waals surface area contributed by atoms with Crippen LogP contribution in [0.1, 0.15) is 22.3 Å². The molecule has 1 atom stereocenters. The Morgan fingerprint density at radius 1 is 0.921 bits per heavy atom. The summed E-state index contributed by atoms with van der Waals surface area (Å²) in [6.07, 6.45) is 0.653. The van der Waals surface area contributed by atoms with Gasteiger partial charge in [0.05, 0.1) is 16.3 Å². The van der Waals surface area contributed by atoms with Crippen molar-refractivity contribution in [1.29, 1.82) is 0 Å². The lowest BCUT2D eigenvalue weighted by atomic mass is 9.85. The predicted molar refractivity (Wildman–Crippen MR) is 143 cm³/mol. The smallest absolute Gasteiger partial charge is 0.269 e. The zero-order valence-electron chi connectivity index (χ0n) is 20.1. The summed E-state index contributed by atoms with van der Waals surface area (Å²) in [6.45, 7) is 0. The zero-order valence-corrected chi connectivity index (χ0v) is 20.1. The quantitative estimate of drug-likeness (QED) is 0.207. The predicted octanol–water partition coefficient (Wildman–Crippen LogP) is 5.43. The van der Waals surface area contributed by atoms with Gasteiger partial charge >= 0.3 is 0 Å². The number of aromatic nitrogens is 2. The topological polar surface area (TPSA) is 121 Å². The van der Waals surface area contributed by atoms with Crippen LogP contribution in [-0.2, 0) is 16.8 Å². The number of rotatable bonds is 6. The molecule has 186 valence electrons. The number of aromatic amines is 1. The molecule has 5 aromatic rings. The monoisotopic (exact) mass is 502 g/mol. The number of H-pyrrole nitrogens is 1. The fourth-order valence-electron chi connectivity index (χ4n) is 5.00. The second kappa shape index (κ2) is 9.10. The fourth-order valence-corrected chi connectivity index (χ4v) is 5.00. The number of aliphatic hydroxyl groups is 1. The van der Waals surface area contributed by atoms with E-state index in [4.69, 9.17) is 0 Å². The number of nitrogens with one attached hydrogen (secondary N) is 2. The molecule has 0 bridgehead atoms. The van der Waals surface area contributed by atoms with Gasteiger partial charge in [-0.3, -0.25) is 20.0 Å². The van der Waals surface area contributed by atoms with Crippen LogP contribution >= 0.6 is 0 Å². The Hall–Kier alpha value is -5.08. The van der Waals surface area contributed by atoms with E-state index in [1.807, 2.05) is 42.5 Å². The maximum absolute atomic E-state index is 13.7. The fraction of sp³-hybridized carbons (Fsp3) is 0.0667. The lowest BCUT2D eigenvalue weighted by Crippen LogP contribution is -2.41. The van der Waals surface area contributed by atoms with E-state index in [0.717, 1.165) is 33.6 Å². The molecule has 0 aliphatic heterocycles.